The van der Waals surface area contributed by atoms with Crippen molar-refractivity contribution in [3.05, 3.63) is 42.1 Å². The Morgan fingerprint density at radius 1 is 1.19 bits per heavy atom. The van der Waals surface area contributed by atoms with Crippen molar-refractivity contribution in [3.8, 4) is 5.75 Å². The molecule has 2 atom stereocenters. The van der Waals surface area contributed by atoms with Crippen LogP contribution in [0.4, 0.5) is 11.8 Å². The summed E-state index contributed by atoms with van der Waals surface area (Å²) in [5, 5.41) is 0. The molecule has 2 aliphatic heterocycles. The molecule has 1 aromatic heterocycles. The molecule has 3 heterocycles. The van der Waals surface area contributed by atoms with E-state index in [1.807, 2.05) is 24.4 Å². The van der Waals surface area contributed by atoms with Crippen LogP contribution in [0.25, 0.3) is 0 Å². The molecule has 2 aliphatic rings. The maximum atomic E-state index is 11.4. The van der Waals surface area contributed by atoms with Gasteiger partial charge in [0.2, 0.25) is 5.95 Å². The van der Waals surface area contributed by atoms with E-state index in [0.717, 1.165) is 50.1 Å². The van der Waals surface area contributed by atoms with Crippen LogP contribution in [-0.4, -0.2) is 48.0 Å². The van der Waals surface area contributed by atoms with Crippen LogP contribution in [0.2, 0.25) is 0 Å². The van der Waals surface area contributed by atoms with E-state index in [0.29, 0.717) is 11.8 Å². The van der Waals surface area contributed by atoms with Crippen molar-refractivity contribution in [2.24, 2.45) is 5.41 Å². The van der Waals surface area contributed by atoms with Gasteiger partial charge in [0, 0.05) is 38.7 Å². The number of Topliss-reactive ketones (excluding diaryl/α,β-unsaturated/α-hetero) is 1. The number of ether oxygens (including phenoxy) is 1. The number of nitrogens with zero attached hydrogens (tertiary/aromatic N) is 4. The summed E-state index contributed by atoms with van der Waals surface area (Å²) in [5.74, 6) is 3.15. The fourth-order valence-corrected chi connectivity index (χ4v) is 4.60. The Balaban J connectivity index is 1.35. The summed E-state index contributed by atoms with van der Waals surface area (Å²) in [4.78, 5) is 25.3. The van der Waals surface area contributed by atoms with Crippen molar-refractivity contribution in [2.45, 2.75) is 59.0 Å². The Morgan fingerprint density at radius 3 is 2.65 bits per heavy atom. The van der Waals surface area contributed by atoms with E-state index in [9.17, 15) is 4.79 Å². The van der Waals surface area contributed by atoms with Crippen LogP contribution in [0.5, 0.6) is 5.75 Å². The van der Waals surface area contributed by atoms with E-state index in [4.69, 9.17) is 9.72 Å². The third-order valence-corrected chi connectivity index (χ3v) is 6.40. The predicted octanol–water partition coefficient (Wildman–Crippen LogP) is 4.45. The first-order chi connectivity index (χ1) is 14.8. The van der Waals surface area contributed by atoms with E-state index in [1.165, 1.54) is 12.0 Å². The first kappa shape index (κ1) is 21.6. The van der Waals surface area contributed by atoms with Crippen LogP contribution in [-0.2, 0) is 4.79 Å². The maximum Gasteiger partial charge on any atom is 0.227 e. The highest BCUT2D eigenvalue weighted by molar-refractivity contribution is 5.76. The molecule has 6 heteroatoms. The van der Waals surface area contributed by atoms with Gasteiger partial charge in [0.05, 0.1) is 6.54 Å². The van der Waals surface area contributed by atoms with Crippen molar-refractivity contribution in [2.75, 3.05) is 36.0 Å². The molecule has 0 amide bonds. The van der Waals surface area contributed by atoms with Crippen LogP contribution >= 0.6 is 0 Å². The van der Waals surface area contributed by atoms with Crippen LogP contribution in [0.1, 0.15) is 58.4 Å². The van der Waals surface area contributed by atoms with E-state index >= 15 is 0 Å². The molecule has 1 aromatic carbocycles. The van der Waals surface area contributed by atoms with Crippen molar-refractivity contribution < 1.29 is 9.53 Å². The van der Waals surface area contributed by atoms with Gasteiger partial charge < -0.3 is 19.3 Å². The molecule has 2 aromatic rings. The van der Waals surface area contributed by atoms with Gasteiger partial charge in [0.1, 0.15) is 23.5 Å². The van der Waals surface area contributed by atoms with Crippen LogP contribution in [0.3, 0.4) is 0 Å². The Hall–Kier alpha value is -2.63. The van der Waals surface area contributed by atoms with Gasteiger partial charge in [0.25, 0.3) is 0 Å². The SMILES string of the molecule is CC(=O)C[C@@H](C)c1ccc(O[C@@H]2CCN(c3nccc(N4CCC(C)(C)C4)n3)C2)cc1. The summed E-state index contributed by atoms with van der Waals surface area (Å²) < 4.78 is 6.23. The molecule has 0 bridgehead atoms. The van der Waals surface area contributed by atoms with Gasteiger partial charge in [-0.1, -0.05) is 32.9 Å². The van der Waals surface area contributed by atoms with E-state index in [1.54, 1.807) is 6.92 Å². The third kappa shape index (κ3) is 5.35. The van der Waals surface area contributed by atoms with Gasteiger partial charge in [-0.3, -0.25) is 0 Å². The zero-order valence-electron chi connectivity index (χ0n) is 19.2. The lowest BCUT2D eigenvalue weighted by Gasteiger charge is -2.22. The molecule has 2 fully saturated rings. The lowest BCUT2D eigenvalue weighted by molar-refractivity contribution is -0.117. The highest BCUT2D eigenvalue weighted by atomic mass is 16.5. The van der Waals surface area contributed by atoms with Crippen LogP contribution < -0.4 is 14.5 Å². The molecule has 0 spiro atoms. The Kier molecular flexibility index (Phi) is 6.17. The highest BCUT2D eigenvalue weighted by Gasteiger charge is 2.31. The highest BCUT2D eigenvalue weighted by Crippen LogP contribution is 2.32. The van der Waals surface area contributed by atoms with E-state index in [2.05, 4.69) is 47.7 Å². The quantitative estimate of drug-likeness (QED) is 0.657. The zero-order valence-corrected chi connectivity index (χ0v) is 19.2. The number of aromatic nitrogens is 2. The minimum Gasteiger partial charge on any atom is -0.489 e. The fourth-order valence-electron chi connectivity index (χ4n) is 4.60. The number of hydrogen-bond acceptors (Lipinski definition) is 6. The van der Waals surface area contributed by atoms with Crippen LogP contribution in [0, 0.1) is 5.41 Å². The summed E-state index contributed by atoms with van der Waals surface area (Å²) >= 11 is 0. The second kappa shape index (κ2) is 8.85. The minimum absolute atomic E-state index is 0.124. The van der Waals surface area contributed by atoms with E-state index in [-0.39, 0.29) is 17.8 Å². The second-order valence-corrected chi connectivity index (χ2v) is 9.90. The molecule has 0 unspecified atom stereocenters. The van der Waals surface area contributed by atoms with Crippen molar-refractivity contribution >= 4 is 17.5 Å². The van der Waals surface area contributed by atoms with E-state index < -0.39 is 0 Å². The number of anilines is 2. The average Bonchev–Trinajstić information content (AvgIpc) is 3.34. The van der Waals surface area contributed by atoms with Crippen LogP contribution in [0.15, 0.2) is 36.5 Å². The van der Waals surface area contributed by atoms with Gasteiger partial charge in [-0.05, 0) is 48.4 Å². The summed E-state index contributed by atoms with van der Waals surface area (Å²) in [6, 6.07) is 10.2. The molecular weight excluding hydrogens is 388 g/mol. The van der Waals surface area contributed by atoms with Gasteiger partial charge in [-0.2, -0.15) is 4.98 Å². The van der Waals surface area contributed by atoms with Gasteiger partial charge in [0.15, 0.2) is 0 Å². The third-order valence-electron chi connectivity index (χ3n) is 6.40. The van der Waals surface area contributed by atoms with Crippen molar-refractivity contribution in [1.82, 2.24) is 9.97 Å². The molecule has 31 heavy (non-hydrogen) atoms. The van der Waals surface area contributed by atoms with Gasteiger partial charge in [-0.25, -0.2) is 4.98 Å². The molecule has 2 saturated heterocycles. The first-order valence-corrected chi connectivity index (χ1v) is 11.4. The maximum absolute atomic E-state index is 11.4. The lowest BCUT2D eigenvalue weighted by atomic mass is 9.93. The monoisotopic (exact) mass is 422 g/mol. The number of benzene rings is 1. The number of carbonyl (C=O) groups is 1. The Labute approximate surface area is 185 Å². The topological polar surface area (TPSA) is 58.6 Å². The fraction of sp³-hybridized carbons (Fsp3) is 0.560. The lowest BCUT2D eigenvalue weighted by Crippen LogP contribution is -2.28. The molecule has 0 radical (unpaired) electrons. The molecule has 166 valence electrons. The molecule has 0 N–H and O–H groups in total. The summed E-state index contributed by atoms with van der Waals surface area (Å²) in [6.07, 6.45) is 4.72. The summed E-state index contributed by atoms with van der Waals surface area (Å²) in [5.41, 5.74) is 1.52. The molecule has 0 saturated carbocycles. The number of ketones is 1. The summed E-state index contributed by atoms with van der Waals surface area (Å²) in [7, 11) is 0. The minimum atomic E-state index is 0.124. The number of carbonyl (C=O) groups excluding carboxylic acids is 1. The molecular formula is C25H34N4O2. The normalized spacial score (nSPS) is 21.4. The number of rotatable bonds is 7. The predicted molar refractivity (Wildman–Crippen MR) is 124 cm³/mol. The standard InChI is InChI=1S/C25H34N4O2/c1-18(15-19(2)30)20-5-7-21(8-6-20)31-22-10-13-28(16-22)24-26-12-9-23(27-24)29-14-11-25(3,4)17-29/h5-9,12,18,22H,10-11,13-17H2,1-4H3/t18-,22-/m1/s1. The Morgan fingerprint density at radius 2 is 1.97 bits per heavy atom. The van der Waals surface area contributed by atoms with Gasteiger partial charge in [-0.15, -0.1) is 0 Å². The van der Waals surface area contributed by atoms with Crippen molar-refractivity contribution in [1.29, 1.82) is 0 Å². The smallest absolute Gasteiger partial charge is 0.227 e. The average molecular weight is 423 g/mol. The second-order valence-electron chi connectivity index (χ2n) is 9.90. The van der Waals surface area contributed by atoms with Gasteiger partial charge >= 0.3 is 0 Å². The summed E-state index contributed by atoms with van der Waals surface area (Å²) in [6.45, 7) is 12.1. The molecule has 4 rings (SSSR count). The Bertz CT molecular complexity index is 912. The number of hydrogen-bond donors (Lipinski definition) is 0. The molecule has 0 aliphatic carbocycles. The zero-order chi connectivity index (χ0) is 22.0. The largest absolute Gasteiger partial charge is 0.489 e. The molecule has 6 nitrogen and oxygen atoms in total. The first-order valence-electron chi connectivity index (χ1n) is 11.4. The van der Waals surface area contributed by atoms with Crippen molar-refractivity contribution in [3.63, 3.8) is 0 Å².